The van der Waals surface area contributed by atoms with E-state index in [0.717, 1.165) is 36.2 Å². The van der Waals surface area contributed by atoms with Crippen molar-refractivity contribution in [1.29, 1.82) is 0 Å². The lowest BCUT2D eigenvalue weighted by Gasteiger charge is -2.31. The molecule has 3 aliphatic rings. The van der Waals surface area contributed by atoms with Gasteiger partial charge in [-0.25, -0.2) is 27.0 Å². The number of halogens is 2. The molecule has 3 heterocycles. The molecule has 1 aliphatic carbocycles. The van der Waals surface area contributed by atoms with E-state index < -0.39 is 58.8 Å². The molecular formula is C33H43F2N5O7S2. The molecule has 0 spiro atoms. The molecule has 1 saturated carbocycles. The maximum Gasteiger partial charge on any atom is 0.407 e. The highest BCUT2D eigenvalue weighted by Gasteiger charge is 2.49. The number of aliphatic hydroxyl groups is 1. The summed E-state index contributed by atoms with van der Waals surface area (Å²) in [6, 6.07) is 6.77. The van der Waals surface area contributed by atoms with Crippen LogP contribution >= 0.6 is 11.3 Å². The number of carbonyl (C=O) groups excluding carboxylic acids is 1. The molecule has 12 nitrogen and oxygen atoms in total. The van der Waals surface area contributed by atoms with Gasteiger partial charge in [-0.3, -0.25) is 0 Å². The standard InChI is InChI=1S/C33H43F2N5O7S2/c1-4-36-26-16-45-31-30(26)28(17-46-31)47-33(42)39-25(11-19-9-20(34)12-21(35)10-19)27(41)15-40(14-18(2)3)49(43,44)23-7-8-24-29(13-23)48-32(38-24)37-22-5-6-22/h7-10,12-13,18,22,25-28,30-31,36,41H,4-6,11,14-17H2,1-3H3,(H,37,38)(H,39,42)/t25-,26-,27+,28-,30-,31+/m0/s1. The fourth-order valence-corrected chi connectivity index (χ4v) is 9.06. The summed E-state index contributed by atoms with van der Waals surface area (Å²) >= 11 is 1.37. The number of rotatable bonds is 15. The first-order valence-electron chi connectivity index (χ1n) is 16.6. The molecule has 0 unspecified atom stereocenters. The number of anilines is 1. The summed E-state index contributed by atoms with van der Waals surface area (Å²) in [5.74, 6) is -2.03. The van der Waals surface area contributed by atoms with Gasteiger partial charge in [0, 0.05) is 31.2 Å². The van der Waals surface area contributed by atoms with Crippen LogP contribution in [-0.4, -0.2) is 98.4 Å². The van der Waals surface area contributed by atoms with Crippen molar-refractivity contribution in [2.75, 3.05) is 38.2 Å². The molecule has 0 bridgehead atoms. The maximum absolute atomic E-state index is 14.2. The van der Waals surface area contributed by atoms with Crippen LogP contribution in [0, 0.1) is 23.5 Å². The molecule has 2 saturated heterocycles. The lowest BCUT2D eigenvalue weighted by molar-refractivity contribution is -0.0908. The average Bonchev–Trinajstić information content (AvgIpc) is 3.41. The SMILES string of the molecule is CCN[C@H]1CO[C@@H]2OC[C@H](OC(=O)N[C@@H](Cc3cc(F)cc(F)c3)[C@H](O)CN(CC(C)C)S(=O)(=O)c3ccc4nc(NC5CC5)sc4c3)[C@@H]21. The summed E-state index contributed by atoms with van der Waals surface area (Å²) < 4.78 is 75.5. The Bertz CT molecular complexity index is 1720. The van der Waals surface area contributed by atoms with Crippen LogP contribution in [-0.2, 0) is 30.7 Å². The van der Waals surface area contributed by atoms with Crippen LogP contribution in [0.2, 0.25) is 0 Å². The van der Waals surface area contributed by atoms with Crippen molar-refractivity contribution in [3.63, 3.8) is 0 Å². The first-order chi connectivity index (χ1) is 23.4. The molecule has 49 heavy (non-hydrogen) atoms. The largest absolute Gasteiger partial charge is 0.443 e. The highest BCUT2D eigenvalue weighted by Crippen LogP contribution is 2.34. The zero-order valence-corrected chi connectivity index (χ0v) is 29.2. The van der Waals surface area contributed by atoms with Crippen LogP contribution in [0.1, 0.15) is 39.2 Å². The Balaban J connectivity index is 1.22. The predicted octanol–water partition coefficient (Wildman–Crippen LogP) is 3.84. The predicted molar refractivity (Wildman–Crippen MR) is 180 cm³/mol. The van der Waals surface area contributed by atoms with Crippen LogP contribution in [0.5, 0.6) is 0 Å². The van der Waals surface area contributed by atoms with Crippen LogP contribution < -0.4 is 16.0 Å². The fraction of sp³-hybridized carbons (Fsp3) is 0.576. The first kappa shape index (κ1) is 35.8. The Morgan fingerprint density at radius 2 is 1.86 bits per heavy atom. The molecule has 4 N–H and O–H groups in total. The second-order valence-corrected chi connectivity index (χ2v) is 16.3. The average molecular weight is 724 g/mol. The van der Waals surface area contributed by atoms with Gasteiger partial charge in [0.15, 0.2) is 11.4 Å². The summed E-state index contributed by atoms with van der Waals surface area (Å²) in [7, 11) is -4.14. The Labute approximate surface area is 288 Å². The number of benzene rings is 2. The smallest absolute Gasteiger partial charge is 0.407 e. The van der Waals surface area contributed by atoms with Gasteiger partial charge in [0.2, 0.25) is 10.0 Å². The minimum Gasteiger partial charge on any atom is -0.443 e. The van der Waals surface area contributed by atoms with E-state index in [2.05, 4.69) is 20.9 Å². The van der Waals surface area contributed by atoms with Crippen molar-refractivity contribution >= 4 is 42.8 Å². The number of alkyl carbamates (subject to hydrolysis) is 1. The minimum atomic E-state index is -4.14. The van der Waals surface area contributed by atoms with Crippen LogP contribution in [0.15, 0.2) is 41.3 Å². The molecule has 3 aromatic rings. The molecule has 3 fully saturated rings. The van der Waals surface area contributed by atoms with Gasteiger partial charge in [-0.15, -0.1) is 0 Å². The van der Waals surface area contributed by atoms with Gasteiger partial charge in [0.1, 0.15) is 17.7 Å². The first-order valence-corrected chi connectivity index (χ1v) is 18.9. The molecule has 1 amide bonds. The molecule has 1 aromatic heterocycles. The minimum absolute atomic E-state index is 0.0374. The summed E-state index contributed by atoms with van der Waals surface area (Å²) in [6.45, 7) is 6.49. The van der Waals surface area contributed by atoms with E-state index in [9.17, 15) is 27.1 Å². The number of carbonyl (C=O) groups is 1. The van der Waals surface area contributed by atoms with Crippen molar-refractivity contribution in [1.82, 2.24) is 19.9 Å². The zero-order valence-electron chi connectivity index (χ0n) is 27.6. The highest BCUT2D eigenvalue weighted by molar-refractivity contribution is 7.89. The highest BCUT2D eigenvalue weighted by atomic mass is 32.2. The number of aliphatic hydroxyl groups excluding tert-OH is 1. The number of aromatic nitrogens is 1. The van der Waals surface area contributed by atoms with Crippen LogP contribution in [0.25, 0.3) is 10.2 Å². The fourth-order valence-electron chi connectivity index (χ4n) is 6.36. The van der Waals surface area contributed by atoms with Crippen LogP contribution in [0.4, 0.5) is 18.7 Å². The number of nitrogens with one attached hydrogen (secondary N) is 3. The van der Waals surface area contributed by atoms with Gasteiger partial charge in [0.05, 0.1) is 46.4 Å². The molecule has 6 atom stereocenters. The van der Waals surface area contributed by atoms with E-state index in [1.54, 1.807) is 12.1 Å². The van der Waals surface area contributed by atoms with Crippen LogP contribution in [0.3, 0.4) is 0 Å². The van der Waals surface area contributed by atoms with E-state index in [-0.39, 0.29) is 47.9 Å². The Morgan fingerprint density at radius 1 is 1.12 bits per heavy atom. The number of thiazole rings is 1. The summed E-state index contributed by atoms with van der Waals surface area (Å²) in [4.78, 5) is 17.9. The number of hydrogen-bond acceptors (Lipinski definition) is 11. The van der Waals surface area contributed by atoms with E-state index in [1.165, 1.54) is 21.7 Å². The molecule has 2 aromatic carbocycles. The van der Waals surface area contributed by atoms with Gasteiger partial charge in [-0.2, -0.15) is 4.31 Å². The zero-order chi connectivity index (χ0) is 34.9. The van der Waals surface area contributed by atoms with E-state index in [0.29, 0.717) is 29.4 Å². The number of fused-ring (bicyclic) bond motifs is 2. The van der Waals surface area contributed by atoms with E-state index in [4.69, 9.17) is 14.2 Å². The number of likely N-dealkylation sites (N-methyl/N-ethyl adjacent to an activating group) is 1. The van der Waals surface area contributed by atoms with Gasteiger partial charge < -0.3 is 35.3 Å². The third-order valence-corrected chi connectivity index (χ3v) is 11.6. The van der Waals surface area contributed by atoms with Crippen molar-refractivity contribution in [3.8, 4) is 0 Å². The third kappa shape index (κ3) is 8.67. The number of hydrogen-bond donors (Lipinski definition) is 4. The Kier molecular flexibility index (Phi) is 11.0. The number of nitrogens with zero attached hydrogens (tertiary/aromatic N) is 2. The molecule has 6 rings (SSSR count). The summed E-state index contributed by atoms with van der Waals surface area (Å²) in [5.41, 5.74) is 0.833. The molecule has 2 aliphatic heterocycles. The van der Waals surface area contributed by atoms with Gasteiger partial charge in [-0.05, 0) is 67.6 Å². The number of amides is 1. The lowest BCUT2D eigenvalue weighted by atomic mass is 9.98. The van der Waals surface area contributed by atoms with Gasteiger partial charge in [-0.1, -0.05) is 32.1 Å². The van der Waals surface area contributed by atoms with Crippen molar-refractivity contribution < 1.29 is 41.3 Å². The Hall–Kier alpha value is -2.99. The lowest BCUT2D eigenvalue weighted by Crippen LogP contribution is -2.52. The van der Waals surface area contributed by atoms with Crippen molar-refractivity contribution in [2.24, 2.45) is 11.8 Å². The quantitative estimate of drug-likeness (QED) is 0.182. The van der Waals surface area contributed by atoms with Gasteiger partial charge in [0.25, 0.3) is 0 Å². The normalized spacial score (nSPS) is 23.6. The molecular weight excluding hydrogens is 681 g/mol. The summed E-state index contributed by atoms with van der Waals surface area (Å²) in [5, 5.41) is 21.6. The maximum atomic E-state index is 14.2. The topological polar surface area (TPSA) is 151 Å². The number of sulfonamides is 1. The third-order valence-electron chi connectivity index (χ3n) is 8.81. The monoisotopic (exact) mass is 723 g/mol. The second kappa shape index (κ2) is 15.1. The molecule has 0 radical (unpaired) electrons. The Morgan fingerprint density at radius 3 is 2.55 bits per heavy atom. The van der Waals surface area contributed by atoms with Crippen molar-refractivity contribution in [2.45, 2.75) is 81.6 Å². The van der Waals surface area contributed by atoms with Crippen molar-refractivity contribution in [3.05, 3.63) is 53.6 Å². The number of ether oxygens (including phenoxy) is 3. The van der Waals surface area contributed by atoms with Gasteiger partial charge >= 0.3 is 6.09 Å². The second-order valence-electron chi connectivity index (χ2n) is 13.3. The van der Waals surface area contributed by atoms with E-state index >= 15 is 0 Å². The van der Waals surface area contributed by atoms with E-state index in [1.807, 2.05) is 20.8 Å². The summed E-state index contributed by atoms with van der Waals surface area (Å²) in [6.07, 6.45) is -1.62. The molecule has 16 heteroatoms. The molecule has 268 valence electrons.